The molecule has 1 aromatic carbocycles. The van der Waals surface area contributed by atoms with E-state index >= 15 is 0 Å². The lowest BCUT2D eigenvalue weighted by Crippen LogP contribution is -2.50. The fourth-order valence-corrected chi connectivity index (χ4v) is 3.88. The summed E-state index contributed by atoms with van der Waals surface area (Å²) in [7, 11) is -0.466. The Hall–Kier alpha value is -1.64. The minimum atomic E-state index is -3.48. The molecule has 0 radical (unpaired) electrons. The Morgan fingerprint density at radius 1 is 1.33 bits per heavy atom. The van der Waals surface area contributed by atoms with E-state index in [4.69, 9.17) is 9.47 Å². The quantitative estimate of drug-likeness (QED) is 0.753. The number of hydrogen-bond acceptors (Lipinski definition) is 6. The van der Waals surface area contributed by atoms with Crippen LogP contribution in [0.3, 0.4) is 0 Å². The van der Waals surface area contributed by atoms with E-state index in [2.05, 4.69) is 5.32 Å². The molecule has 2 rings (SSSR count). The number of para-hydroxylation sites is 1. The number of methoxy groups -OCH3 is 2. The molecule has 0 saturated carbocycles. The van der Waals surface area contributed by atoms with Crippen molar-refractivity contribution in [1.29, 1.82) is 0 Å². The van der Waals surface area contributed by atoms with Crippen molar-refractivity contribution in [2.24, 2.45) is 0 Å². The Labute approximate surface area is 142 Å². The second-order valence-corrected chi connectivity index (χ2v) is 7.82. The molecule has 1 amide bonds. The minimum Gasteiger partial charge on any atom is -0.496 e. The van der Waals surface area contributed by atoms with Gasteiger partial charge in [-0.2, -0.15) is 0 Å². The average molecular weight is 356 g/mol. The van der Waals surface area contributed by atoms with Crippen LogP contribution in [0.5, 0.6) is 5.75 Å². The summed E-state index contributed by atoms with van der Waals surface area (Å²) in [5.74, 6) is -0.349. The molecule has 1 N–H and O–H groups in total. The van der Waals surface area contributed by atoms with Crippen molar-refractivity contribution in [3.63, 3.8) is 0 Å². The van der Waals surface area contributed by atoms with Gasteiger partial charge in [-0.25, -0.2) is 8.42 Å². The van der Waals surface area contributed by atoms with Gasteiger partial charge in [-0.15, -0.1) is 0 Å². The van der Waals surface area contributed by atoms with E-state index in [-0.39, 0.29) is 24.3 Å². The van der Waals surface area contributed by atoms with Crippen LogP contribution >= 0.6 is 0 Å². The molecule has 1 aromatic rings. The highest BCUT2D eigenvalue weighted by atomic mass is 32.2. The highest BCUT2D eigenvalue weighted by Gasteiger charge is 2.31. The number of ether oxygens (including phenoxy) is 2. The van der Waals surface area contributed by atoms with E-state index in [0.29, 0.717) is 25.4 Å². The summed E-state index contributed by atoms with van der Waals surface area (Å²) in [6, 6.07) is 7.22. The SMILES string of the molecule is COCCS(=O)(=O)CC(=O)N1CCNCC1c1ccccc1OC. The van der Waals surface area contributed by atoms with Crippen molar-refractivity contribution < 1.29 is 22.7 Å². The molecule has 134 valence electrons. The van der Waals surface area contributed by atoms with E-state index in [1.54, 1.807) is 12.0 Å². The van der Waals surface area contributed by atoms with Crippen LogP contribution in [0.15, 0.2) is 24.3 Å². The van der Waals surface area contributed by atoms with Crippen LogP contribution in [0.25, 0.3) is 0 Å². The van der Waals surface area contributed by atoms with Gasteiger partial charge in [0.05, 0.1) is 25.5 Å². The van der Waals surface area contributed by atoms with Gasteiger partial charge >= 0.3 is 0 Å². The Morgan fingerprint density at radius 3 is 2.79 bits per heavy atom. The number of nitrogens with one attached hydrogen (secondary N) is 1. The lowest BCUT2D eigenvalue weighted by atomic mass is 10.0. The summed E-state index contributed by atoms with van der Waals surface area (Å²) in [5, 5.41) is 3.25. The molecular formula is C16H24N2O5S. The van der Waals surface area contributed by atoms with Crippen molar-refractivity contribution >= 4 is 15.7 Å². The molecule has 1 heterocycles. The minimum absolute atomic E-state index is 0.0904. The zero-order valence-corrected chi connectivity index (χ0v) is 14.8. The van der Waals surface area contributed by atoms with Crippen LogP contribution in [0, 0.1) is 0 Å². The van der Waals surface area contributed by atoms with Gasteiger partial charge in [0.25, 0.3) is 0 Å². The third-order valence-corrected chi connectivity index (χ3v) is 5.48. The molecule has 1 fully saturated rings. The molecule has 0 spiro atoms. The third kappa shape index (κ3) is 4.68. The van der Waals surface area contributed by atoms with Crippen LogP contribution in [0.2, 0.25) is 0 Å². The monoisotopic (exact) mass is 356 g/mol. The zero-order valence-electron chi connectivity index (χ0n) is 14.0. The Bertz CT molecular complexity index is 662. The van der Waals surface area contributed by atoms with E-state index in [1.165, 1.54) is 7.11 Å². The molecule has 7 nitrogen and oxygen atoms in total. The smallest absolute Gasteiger partial charge is 0.238 e. The molecule has 1 aliphatic rings. The van der Waals surface area contributed by atoms with Crippen molar-refractivity contribution in [3.05, 3.63) is 29.8 Å². The Morgan fingerprint density at radius 2 is 2.08 bits per heavy atom. The van der Waals surface area contributed by atoms with Crippen molar-refractivity contribution in [2.75, 3.05) is 52.0 Å². The van der Waals surface area contributed by atoms with E-state index < -0.39 is 15.6 Å². The Kier molecular flexibility index (Phi) is 6.59. The first-order chi connectivity index (χ1) is 11.5. The van der Waals surface area contributed by atoms with Gasteiger partial charge in [0, 0.05) is 32.3 Å². The van der Waals surface area contributed by atoms with Crippen molar-refractivity contribution in [2.45, 2.75) is 6.04 Å². The maximum Gasteiger partial charge on any atom is 0.238 e. The predicted molar refractivity (Wildman–Crippen MR) is 90.8 cm³/mol. The molecule has 1 unspecified atom stereocenters. The molecule has 0 bridgehead atoms. The van der Waals surface area contributed by atoms with Gasteiger partial charge in [-0.1, -0.05) is 18.2 Å². The summed E-state index contributed by atoms with van der Waals surface area (Å²) in [5.41, 5.74) is 0.870. The fourth-order valence-electron chi connectivity index (χ4n) is 2.78. The number of rotatable bonds is 7. The topological polar surface area (TPSA) is 84.9 Å². The number of benzene rings is 1. The predicted octanol–water partition coefficient (Wildman–Crippen LogP) is 0.229. The van der Waals surface area contributed by atoms with E-state index in [0.717, 1.165) is 5.56 Å². The van der Waals surface area contributed by atoms with Gasteiger partial charge in [0.2, 0.25) is 5.91 Å². The summed E-state index contributed by atoms with van der Waals surface area (Å²) < 4.78 is 34.3. The summed E-state index contributed by atoms with van der Waals surface area (Å²) in [4.78, 5) is 14.2. The summed E-state index contributed by atoms with van der Waals surface area (Å²) in [6.45, 7) is 1.74. The van der Waals surface area contributed by atoms with Gasteiger partial charge in [-0.05, 0) is 6.07 Å². The maximum absolute atomic E-state index is 12.6. The third-order valence-electron chi connectivity index (χ3n) is 4.00. The lowest BCUT2D eigenvalue weighted by molar-refractivity contribution is -0.131. The van der Waals surface area contributed by atoms with Crippen LogP contribution in [0.4, 0.5) is 0 Å². The van der Waals surface area contributed by atoms with Gasteiger partial charge in [-0.3, -0.25) is 4.79 Å². The molecule has 0 aliphatic carbocycles. The summed E-state index contributed by atoms with van der Waals surface area (Å²) >= 11 is 0. The number of piperazine rings is 1. The number of amides is 1. The first kappa shape index (κ1) is 18.7. The van der Waals surface area contributed by atoms with Crippen LogP contribution < -0.4 is 10.1 Å². The molecule has 1 aliphatic heterocycles. The second-order valence-electron chi connectivity index (χ2n) is 5.63. The average Bonchev–Trinajstić information content (AvgIpc) is 2.59. The van der Waals surface area contributed by atoms with Crippen molar-refractivity contribution in [1.82, 2.24) is 10.2 Å². The van der Waals surface area contributed by atoms with Gasteiger partial charge in [0.1, 0.15) is 11.5 Å². The first-order valence-corrected chi connectivity index (χ1v) is 9.63. The maximum atomic E-state index is 12.6. The molecule has 1 atom stereocenters. The van der Waals surface area contributed by atoms with Gasteiger partial charge in [0.15, 0.2) is 9.84 Å². The largest absolute Gasteiger partial charge is 0.496 e. The van der Waals surface area contributed by atoms with Gasteiger partial charge < -0.3 is 19.7 Å². The molecule has 8 heteroatoms. The Balaban J connectivity index is 2.18. The molecule has 1 saturated heterocycles. The second kappa shape index (κ2) is 8.46. The highest BCUT2D eigenvalue weighted by Crippen LogP contribution is 2.30. The number of nitrogens with zero attached hydrogens (tertiary/aromatic N) is 1. The normalized spacial score (nSPS) is 18.4. The first-order valence-electron chi connectivity index (χ1n) is 7.81. The summed E-state index contributed by atoms with van der Waals surface area (Å²) in [6.07, 6.45) is 0. The number of sulfone groups is 1. The number of carbonyl (C=O) groups is 1. The number of hydrogen-bond donors (Lipinski definition) is 1. The van der Waals surface area contributed by atoms with Crippen LogP contribution in [-0.2, 0) is 19.4 Å². The zero-order chi connectivity index (χ0) is 17.6. The highest BCUT2D eigenvalue weighted by molar-refractivity contribution is 7.92. The van der Waals surface area contributed by atoms with E-state index in [1.807, 2.05) is 24.3 Å². The number of carbonyl (C=O) groups excluding carboxylic acids is 1. The molecule has 0 aromatic heterocycles. The van der Waals surface area contributed by atoms with Crippen LogP contribution in [-0.4, -0.2) is 71.2 Å². The molecule has 24 heavy (non-hydrogen) atoms. The van der Waals surface area contributed by atoms with E-state index in [9.17, 15) is 13.2 Å². The fraction of sp³-hybridized carbons (Fsp3) is 0.562. The van der Waals surface area contributed by atoms with Crippen molar-refractivity contribution in [3.8, 4) is 5.75 Å². The van der Waals surface area contributed by atoms with Crippen LogP contribution in [0.1, 0.15) is 11.6 Å². The molecular weight excluding hydrogens is 332 g/mol. The standard InChI is InChI=1S/C16H24N2O5S/c1-22-9-10-24(20,21)12-16(19)18-8-7-17-11-14(18)13-5-3-4-6-15(13)23-2/h3-6,14,17H,7-12H2,1-2H3. The lowest BCUT2D eigenvalue weighted by Gasteiger charge is -2.37.